The van der Waals surface area contributed by atoms with Crippen LogP contribution in [0.15, 0.2) is 67.1 Å². The Bertz CT molecular complexity index is 1210. The Kier molecular flexibility index (Phi) is 6.26. The highest BCUT2D eigenvalue weighted by atomic mass is 35.5. The standard InChI is InChI=1S/C21H20ClN5O4S/c22-16-4-6-17(7-5-16)27-19(14-26(21(27)28)10-11-32(23,29)30)15-2-1-3-18(12-15)31-20-13-24-8-9-25-20/h1-9,12-13,19H,10-11,14H2,(H2,23,29,30)/t19-/m1/s1. The zero-order valence-electron chi connectivity index (χ0n) is 16.8. The van der Waals surface area contributed by atoms with Crippen molar-refractivity contribution < 1.29 is 17.9 Å². The smallest absolute Gasteiger partial charge is 0.325 e. The predicted molar refractivity (Wildman–Crippen MR) is 120 cm³/mol. The Morgan fingerprint density at radius 3 is 2.62 bits per heavy atom. The number of anilines is 1. The number of hydrogen-bond donors (Lipinski definition) is 1. The Morgan fingerprint density at radius 1 is 1.16 bits per heavy atom. The van der Waals surface area contributed by atoms with E-state index in [2.05, 4.69) is 9.97 Å². The molecule has 11 heteroatoms. The average molecular weight is 474 g/mol. The highest BCUT2D eigenvalue weighted by Gasteiger charge is 2.39. The molecule has 2 amide bonds. The minimum Gasteiger partial charge on any atom is -0.437 e. The van der Waals surface area contributed by atoms with E-state index in [0.29, 0.717) is 22.3 Å². The molecule has 3 aromatic rings. The van der Waals surface area contributed by atoms with E-state index in [0.717, 1.165) is 5.56 Å². The molecule has 2 N–H and O–H groups in total. The molecule has 0 spiro atoms. The van der Waals surface area contributed by atoms with Crippen molar-refractivity contribution in [2.45, 2.75) is 6.04 Å². The van der Waals surface area contributed by atoms with E-state index in [4.69, 9.17) is 21.5 Å². The summed E-state index contributed by atoms with van der Waals surface area (Å²) in [5, 5.41) is 5.68. The van der Waals surface area contributed by atoms with Gasteiger partial charge in [0.25, 0.3) is 0 Å². The van der Waals surface area contributed by atoms with E-state index >= 15 is 0 Å². The summed E-state index contributed by atoms with van der Waals surface area (Å²) in [4.78, 5) is 24.4. The number of carbonyl (C=O) groups is 1. The lowest BCUT2D eigenvalue weighted by Gasteiger charge is -2.24. The summed E-state index contributed by atoms with van der Waals surface area (Å²) in [5.74, 6) is 0.557. The van der Waals surface area contributed by atoms with Crippen molar-refractivity contribution in [3.8, 4) is 11.6 Å². The topological polar surface area (TPSA) is 119 Å². The molecule has 0 unspecified atom stereocenters. The molecular weight excluding hydrogens is 454 g/mol. The molecule has 0 aliphatic carbocycles. The van der Waals surface area contributed by atoms with E-state index in [1.54, 1.807) is 41.4 Å². The third-order valence-corrected chi connectivity index (χ3v) is 5.94. The van der Waals surface area contributed by atoms with Gasteiger partial charge in [-0.25, -0.2) is 23.3 Å². The van der Waals surface area contributed by atoms with E-state index in [-0.39, 0.29) is 30.9 Å². The van der Waals surface area contributed by atoms with Crippen LogP contribution in [0, 0.1) is 0 Å². The molecule has 1 atom stereocenters. The maximum absolute atomic E-state index is 13.2. The van der Waals surface area contributed by atoms with E-state index in [1.165, 1.54) is 17.3 Å². The van der Waals surface area contributed by atoms with Gasteiger partial charge in [0.15, 0.2) is 0 Å². The van der Waals surface area contributed by atoms with Crippen LogP contribution < -0.4 is 14.8 Å². The number of hydrogen-bond acceptors (Lipinski definition) is 6. The summed E-state index contributed by atoms with van der Waals surface area (Å²) in [6.45, 7) is 0.277. The highest BCUT2D eigenvalue weighted by molar-refractivity contribution is 7.89. The molecule has 1 fully saturated rings. The summed E-state index contributed by atoms with van der Waals surface area (Å²) in [6.07, 6.45) is 4.58. The third-order valence-electron chi connectivity index (χ3n) is 4.94. The molecule has 2 aromatic carbocycles. The van der Waals surface area contributed by atoms with Crippen LogP contribution in [0.1, 0.15) is 11.6 Å². The maximum atomic E-state index is 13.2. The van der Waals surface area contributed by atoms with Crippen molar-refractivity contribution in [2.24, 2.45) is 5.14 Å². The number of nitrogens with zero attached hydrogens (tertiary/aromatic N) is 4. The van der Waals surface area contributed by atoms with Gasteiger partial charge in [0.2, 0.25) is 15.9 Å². The number of nitrogens with two attached hydrogens (primary N) is 1. The Balaban J connectivity index is 1.65. The molecule has 2 heterocycles. The number of aromatic nitrogens is 2. The van der Waals surface area contributed by atoms with Gasteiger partial charge in [0, 0.05) is 36.2 Å². The van der Waals surface area contributed by atoms with Gasteiger partial charge < -0.3 is 9.64 Å². The van der Waals surface area contributed by atoms with Gasteiger partial charge in [-0.05, 0) is 42.0 Å². The molecule has 0 bridgehead atoms. The summed E-state index contributed by atoms with van der Waals surface area (Å²) >= 11 is 6.01. The fourth-order valence-electron chi connectivity index (χ4n) is 3.47. The summed E-state index contributed by atoms with van der Waals surface area (Å²) in [5.41, 5.74) is 1.45. The number of rotatable bonds is 7. The largest absolute Gasteiger partial charge is 0.437 e. The Hall–Kier alpha value is -3.21. The molecule has 4 rings (SSSR count). The molecule has 1 saturated heterocycles. The van der Waals surface area contributed by atoms with Gasteiger partial charge in [-0.1, -0.05) is 23.7 Å². The number of benzene rings is 2. The van der Waals surface area contributed by atoms with E-state index < -0.39 is 10.0 Å². The lowest BCUT2D eigenvalue weighted by molar-refractivity contribution is 0.223. The Labute approximate surface area is 190 Å². The minimum absolute atomic E-state index is 0.00590. The molecule has 1 aliphatic rings. The van der Waals surface area contributed by atoms with Crippen LogP contribution in [-0.4, -0.2) is 48.2 Å². The molecule has 0 saturated carbocycles. The van der Waals surface area contributed by atoms with Crippen LogP contribution in [0.2, 0.25) is 5.02 Å². The van der Waals surface area contributed by atoms with E-state index in [1.807, 2.05) is 18.2 Å². The number of ether oxygens (including phenoxy) is 1. The Morgan fingerprint density at radius 2 is 1.94 bits per heavy atom. The fraction of sp³-hybridized carbons (Fsp3) is 0.190. The van der Waals surface area contributed by atoms with Crippen molar-refractivity contribution in [1.82, 2.24) is 14.9 Å². The van der Waals surface area contributed by atoms with Crippen LogP contribution in [0.5, 0.6) is 11.6 Å². The van der Waals surface area contributed by atoms with Crippen LogP contribution in [-0.2, 0) is 10.0 Å². The van der Waals surface area contributed by atoms with E-state index in [9.17, 15) is 13.2 Å². The first-order valence-electron chi connectivity index (χ1n) is 9.68. The second-order valence-electron chi connectivity index (χ2n) is 7.18. The quantitative estimate of drug-likeness (QED) is 0.562. The SMILES string of the molecule is NS(=O)(=O)CCN1C[C@H](c2cccc(Oc3cnccn3)c2)N(c2ccc(Cl)cc2)C1=O. The van der Waals surface area contributed by atoms with Crippen LogP contribution in [0.4, 0.5) is 10.5 Å². The number of urea groups is 1. The second-order valence-corrected chi connectivity index (χ2v) is 9.35. The van der Waals surface area contributed by atoms with Gasteiger partial charge in [-0.15, -0.1) is 0 Å². The van der Waals surface area contributed by atoms with Crippen molar-refractivity contribution in [3.05, 3.63) is 77.7 Å². The molecule has 166 valence electrons. The van der Waals surface area contributed by atoms with Crippen molar-refractivity contribution in [2.75, 3.05) is 23.7 Å². The molecule has 9 nitrogen and oxygen atoms in total. The monoisotopic (exact) mass is 473 g/mol. The number of halogens is 1. The minimum atomic E-state index is -3.71. The fourth-order valence-corrected chi connectivity index (χ4v) is 4.07. The highest BCUT2D eigenvalue weighted by Crippen LogP contribution is 2.36. The number of amides is 2. The molecule has 1 aromatic heterocycles. The van der Waals surface area contributed by atoms with Crippen molar-refractivity contribution in [3.63, 3.8) is 0 Å². The van der Waals surface area contributed by atoms with Gasteiger partial charge in [-0.3, -0.25) is 9.88 Å². The van der Waals surface area contributed by atoms with Crippen LogP contribution in [0.3, 0.4) is 0 Å². The average Bonchev–Trinajstić information content (AvgIpc) is 3.10. The number of carbonyl (C=O) groups excluding carboxylic acids is 1. The molecular formula is C21H20ClN5O4S. The first-order chi connectivity index (χ1) is 15.3. The number of primary sulfonamides is 1. The maximum Gasteiger partial charge on any atom is 0.325 e. The van der Waals surface area contributed by atoms with Crippen molar-refractivity contribution >= 4 is 33.3 Å². The van der Waals surface area contributed by atoms with Gasteiger partial charge in [-0.2, -0.15) is 0 Å². The summed E-state index contributed by atoms with van der Waals surface area (Å²) < 4.78 is 28.7. The zero-order chi connectivity index (χ0) is 22.7. The normalized spacial score (nSPS) is 16.4. The van der Waals surface area contributed by atoms with Crippen LogP contribution >= 0.6 is 11.6 Å². The zero-order valence-corrected chi connectivity index (χ0v) is 18.4. The number of sulfonamides is 1. The van der Waals surface area contributed by atoms with Crippen molar-refractivity contribution in [1.29, 1.82) is 0 Å². The lowest BCUT2D eigenvalue weighted by Crippen LogP contribution is -2.36. The summed E-state index contributed by atoms with van der Waals surface area (Å²) in [6, 6.07) is 13.5. The van der Waals surface area contributed by atoms with Gasteiger partial charge in [0.1, 0.15) is 5.75 Å². The van der Waals surface area contributed by atoms with Gasteiger partial charge >= 0.3 is 6.03 Å². The third kappa shape index (κ3) is 5.16. The van der Waals surface area contributed by atoms with Crippen LogP contribution in [0.25, 0.3) is 0 Å². The van der Waals surface area contributed by atoms with Gasteiger partial charge in [0.05, 0.1) is 18.0 Å². The summed E-state index contributed by atoms with van der Waals surface area (Å²) in [7, 11) is -3.71. The molecule has 32 heavy (non-hydrogen) atoms. The second kappa shape index (κ2) is 9.11. The predicted octanol–water partition coefficient (Wildman–Crippen LogP) is 3.19. The molecule has 0 radical (unpaired) electrons. The first-order valence-corrected chi connectivity index (χ1v) is 11.8. The molecule has 1 aliphatic heterocycles. The lowest BCUT2D eigenvalue weighted by atomic mass is 10.1. The first kappa shape index (κ1) is 22.0.